The Bertz CT molecular complexity index is 942. The van der Waals surface area contributed by atoms with Gasteiger partial charge in [-0.15, -0.1) is 0 Å². The summed E-state index contributed by atoms with van der Waals surface area (Å²) in [6.07, 6.45) is 4.45. The maximum Gasteiger partial charge on any atom is 0.244 e. The standard InChI is InChI=1S/C19H21ClFN3O3S/c20-14-5-8-16(9-6-14)28(26,27)24(18-3-1-2-10-23-19(18)25)12-13-4-7-15(22)11-17(13)21/h4-9,18,22H,1-3,10-12H2,(H,23,25)/t18-/m1/s1. The molecule has 1 amide bonds. The molecule has 1 fully saturated rings. The molecule has 150 valence electrons. The Morgan fingerprint density at radius 2 is 1.93 bits per heavy atom. The van der Waals surface area contributed by atoms with Crippen LogP contribution in [0.15, 0.2) is 52.7 Å². The summed E-state index contributed by atoms with van der Waals surface area (Å²) in [7, 11) is -4.08. The Morgan fingerprint density at radius 3 is 2.61 bits per heavy atom. The van der Waals surface area contributed by atoms with Crippen LogP contribution in [0.3, 0.4) is 0 Å². The summed E-state index contributed by atoms with van der Waals surface area (Å²) in [4.78, 5) is 12.6. The number of rotatable bonds is 5. The second kappa shape index (κ2) is 8.55. The van der Waals surface area contributed by atoms with Crippen molar-refractivity contribution in [2.75, 3.05) is 13.1 Å². The van der Waals surface area contributed by atoms with Crippen molar-refractivity contribution in [3.8, 4) is 0 Å². The van der Waals surface area contributed by atoms with Crippen molar-refractivity contribution < 1.29 is 17.6 Å². The van der Waals surface area contributed by atoms with Gasteiger partial charge in [0.1, 0.15) is 11.9 Å². The van der Waals surface area contributed by atoms with Crippen LogP contribution in [0.4, 0.5) is 4.39 Å². The summed E-state index contributed by atoms with van der Waals surface area (Å²) in [5.74, 6) is -0.943. The number of carbonyl (C=O) groups excluding carboxylic acids is 1. The molecule has 0 saturated carbocycles. The van der Waals surface area contributed by atoms with Gasteiger partial charge in [-0.3, -0.25) is 4.79 Å². The van der Waals surface area contributed by atoms with Gasteiger partial charge in [-0.25, -0.2) is 12.8 Å². The minimum Gasteiger partial charge on any atom is -0.355 e. The number of benzene rings is 1. The van der Waals surface area contributed by atoms with Crippen molar-refractivity contribution in [2.24, 2.45) is 0 Å². The third-order valence-electron chi connectivity index (χ3n) is 4.78. The van der Waals surface area contributed by atoms with Crippen LogP contribution in [-0.4, -0.2) is 43.5 Å². The van der Waals surface area contributed by atoms with E-state index in [-0.39, 0.29) is 35.1 Å². The molecule has 1 aliphatic heterocycles. The molecule has 2 aliphatic rings. The Labute approximate surface area is 168 Å². The molecule has 1 aromatic rings. The van der Waals surface area contributed by atoms with Crippen LogP contribution in [0.5, 0.6) is 0 Å². The third-order valence-corrected chi connectivity index (χ3v) is 6.90. The molecule has 1 aliphatic carbocycles. The third kappa shape index (κ3) is 4.51. The van der Waals surface area contributed by atoms with Crippen LogP contribution in [0, 0.1) is 5.41 Å². The Balaban J connectivity index is 2.02. The first-order valence-corrected chi connectivity index (χ1v) is 10.8. The summed E-state index contributed by atoms with van der Waals surface area (Å²) in [5.41, 5.74) is 0.270. The fourth-order valence-corrected chi connectivity index (χ4v) is 4.96. The Hall–Kier alpha value is -2.03. The van der Waals surface area contributed by atoms with Crippen LogP contribution >= 0.6 is 11.6 Å². The number of amides is 1. The van der Waals surface area contributed by atoms with E-state index in [9.17, 15) is 17.6 Å². The Kier molecular flexibility index (Phi) is 6.32. The molecule has 0 bridgehead atoms. The normalized spacial score (nSPS) is 21.0. The van der Waals surface area contributed by atoms with E-state index in [1.807, 2.05) is 0 Å². The number of nitrogens with one attached hydrogen (secondary N) is 2. The molecule has 2 N–H and O–H groups in total. The van der Waals surface area contributed by atoms with E-state index in [1.165, 1.54) is 36.4 Å². The summed E-state index contributed by atoms with van der Waals surface area (Å²) in [5, 5.41) is 10.7. The zero-order valence-electron chi connectivity index (χ0n) is 15.1. The van der Waals surface area contributed by atoms with Crippen LogP contribution < -0.4 is 5.32 Å². The predicted octanol–water partition coefficient (Wildman–Crippen LogP) is 3.20. The summed E-state index contributed by atoms with van der Waals surface area (Å²) < 4.78 is 42.1. The van der Waals surface area contributed by atoms with Gasteiger partial charge in [0, 0.05) is 30.2 Å². The average Bonchev–Trinajstić information content (AvgIpc) is 2.86. The molecule has 0 radical (unpaired) electrons. The number of halogens is 2. The van der Waals surface area contributed by atoms with Crippen molar-refractivity contribution in [1.82, 2.24) is 9.62 Å². The fourth-order valence-electron chi connectivity index (χ4n) is 3.24. The summed E-state index contributed by atoms with van der Waals surface area (Å²) in [6.45, 7) is 0.205. The smallest absolute Gasteiger partial charge is 0.244 e. The van der Waals surface area contributed by atoms with E-state index in [4.69, 9.17) is 17.0 Å². The van der Waals surface area contributed by atoms with Crippen LogP contribution in [0.1, 0.15) is 25.7 Å². The van der Waals surface area contributed by atoms with E-state index in [0.29, 0.717) is 24.4 Å². The molecule has 1 heterocycles. The molecule has 9 heteroatoms. The SMILES string of the molecule is N=C1C=CC(CN([C@@H]2CCCCNC2=O)S(=O)(=O)c2ccc(Cl)cc2)=C(F)C1. The predicted molar refractivity (Wildman–Crippen MR) is 106 cm³/mol. The number of carbonyl (C=O) groups is 1. The van der Waals surface area contributed by atoms with Crippen LogP contribution in [0.2, 0.25) is 5.02 Å². The fraction of sp³-hybridized carbons (Fsp3) is 0.368. The molecular formula is C19H21ClFN3O3S. The van der Waals surface area contributed by atoms with Gasteiger partial charge >= 0.3 is 0 Å². The first-order chi connectivity index (χ1) is 13.3. The summed E-state index contributed by atoms with van der Waals surface area (Å²) in [6, 6.07) is 4.73. The molecular weight excluding hydrogens is 405 g/mol. The highest BCUT2D eigenvalue weighted by atomic mass is 35.5. The van der Waals surface area contributed by atoms with Gasteiger partial charge in [-0.1, -0.05) is 17.7 Å². The lowest BCUT2D eigenvalue weighted by atomic mass is 10.0. The Morgan fingerprint density at radius 1 is 1.21 bits per heavy atom. The van der Waals surface area contributed by atoms with Crippen LogP contribution in [0.25, 0.3) is 0 Å². The first-order valence-electron chi connectivity index (χ1n) is 8.97. The van der Waals surface area contributed by atoms with E-state index < -0.39 is 21.9 Å². The molecule has 1 aromatic carbocycles. The van der Waals surface area contributed by atoms with E-state index in [1.54, 1.807) is 0 Å². The highest BCUT2D eigenvalue weighted by Gasteiger charge is 2.37. The van der Waals surface area contributed by atoms with E-state index in [0.717, 1.165) is 10.7 Å². The van der Waals surface area contributed by atoms with Gasteiger partial charge in [-0.05, 0) is 55.2 Å². The van der Waals surface area contributed by atoms with Gasteiger partial charge in [-0.2, -0.15) is 4.31 Å². The second-order valence-corrected chi connectivity index (χ2v) is 9.10. The number of hydrogen-bond acceptors (Lipinski definition) is 4. The maximum absolute atomic E-state index is 14.4. The van der Waals surface area contributed by atoms with Crippen molar-refractivity contribution >= 4 is 33.2 Å². The molecule has 1 atom stereocenters. The monoisotopic (exact) mass is 425 g/mol. The number of sulfonamides is 1. The van der Waals surface area contributed by atoms with Gasteiger partial charge in [0.25, 0.3) is 0 Å². The molecule has 28 heavy (non-hydrogen) atoms. The van der Waals surface area contributed by atoms with Gasteiger partial charge in [0.05, 0.1) is 4.90 Å². The quantitative estimate of drug-likeness (QED) is 0.758. The second-order valence-electron chi connectivity index (χ2n) is 6.77. The molecule has 0 unspecified atom stereocenters. The van der Waals surface area contributed by atoms with Crippen molar-refractivity contribution in [2.45, 2.75) is 36.6 Å². The van der Waals surface area contributed by atoms with Crippen LogP contribution in [-0.2, 0) is 14.8 Å². The zero-order chi connectivity index (χ0) is 20.3. The van der Waals surface area contributed by atoms with Crippen molar-refractivity contribution in [1.29, 1.82) is 5.41 Å². The number of nitrogens with zero attached hydrogens (tertiary/aromatic N) is 1. The highest BCUT2D eigenvalue weighted by Crippen LogP contribution is 2.27. The molecule has 0 spiro atoms. The molecule has 6 nitrogen and oxygen atoms in total. The minimum atomic E-state index is -4.08. The first kappa shape index (κ1) is 20.7. The van der Waals surface area contributed by atoms with Crippen molar-refractivity contribution in [3.63, 3.8) is 0 Å². The van der Waals surface area contributed by atoms with Crippen molar-refractivity contribution in [3.05, 3.63) is 52.8 Å². The number of allylic oxidation sites excluding steroid dienone is 2. The summed E-state index contributed by atoms with van der Waals surface area (Å²) >= 11 is 5.86. The van der Waals surface area contributed by atoms with Gasteiger partial charge in [0.15, 0.2) is 0 Å². The lowest BCUT2D eigenvalue weighted by molar-refractivity contribution is -0.124. The van der Waals surface area contributed by atoms with Gasteiger partial charge in [0.2, 0.25) is 15.9 Å². The van der Waals surface area contributed by atoms with Gasteiger partial charge < -0.3 is 10.7 Å². The highest BCUT2D eigenvalue weighted by molar-refractivity contribution is 7.89. The van der Waals surface area contributed by atoms with E-state index >= 15 is 0 Å². The molecule has 1 saturated heterocycles. The zero-order valence-corrected chi connectivity index (χ0v) is 16.7. The maximum atomic E-state index is 14.4. The topological polar surface area (TPSA) is 90.3 Å². The van der Waals surface area contributed by atoms with E-state index in [2.05, 4.69) is 5.32 Å². The lowest BCUT2D eigenvalue weighted by Crippen LogP contribution is -2.49. The molecule has 0 aromatic heterocycles. The lowest BCUT2D eigenvalue weighted by Gasteiger charge is -2.30. The minimum absolute atomic E-state index is 0.0116. The number of hydrogen-bond donors (Lipinski definition) is 2. The average molecular weight is 426 g/mol. The largest absolute Gasteiger partial charge is 0.355 e. The molecule has 3 rings (SSSR count).